The number of hydrogen-bond donors (Lipinski definition) is 3. The molecule has 2 aromatic carbocycles. The first-order chi connectivity index (χ1) is 11.5. The van der Waals surface area contributed by atoms with E-state index < -0.39 is 22.7 Å². The van der Waals surface area contributed by atoms with E-state index in [4.69, 9.17) is 13.9 Å². The van der Waals surface area contributed by atoms with Crippen LogP contribution in [0, 0.1) is 0 Å². The zero-order chi connectivity index (χ0) is 17.4. The number of rotatable bonds is 3. The fraction of sp³-hybridized carbons (Fsp3) is 0.118. The predicted octanol–water partition coefficient (Wildman–Crippen LogP) is 2.59. The fourth-order valence-electron chi connectivity index (χ4n) is 2.41. The van der Waals surface area contributed by atoms with Gasteiger partial charge in [0.1, 0.15) is 16.7 Å². The molecule has 1 aromatic heterocycles. The molecule has 0 radical (unpaired) electrons. The highest BCUT2D eigenvalue weighted by Gasteiger charge is 2.22. The number of benzene rings is 2. The zero-order valence-electron chi connectivity index (χ0n) is 12.9. The Morgan fingerprint density at radius 3 is 2.21 bits per heavy atom. The van der Waals surface area contributed by atoms with Crippen LogP contribution >= 0.6 is 0 Å². The molecule has 0 aliphatic heterocycles. The normalized spacial score (nSPS) is 10.8. The quantitative estimate of drug-likeness (QED) is 0.633. The van der Waals surface area contributed by atoms with Gasteiger partial charge in [-0.25, -0.2) is 0 Å². The van der Waals surface area contributed by atoms with Gasteiger partial charge in [0.15, 0.2) is 17.3 Å². The lowest BCUT2D eigenvalue weighted by molar-refractivity contribution is 0.368. The maximum Gasteiger partial charge on any atom is 0.239 e. The van der Waals surface area contributed by atoms with E-state index >= 15 is 0 Å². The van der Waals surface area contributed by atoms with Crippen LogP contribution < -0.4 is 14.9 Å². The summed E-state index contributed by atoms with van der Waals surface area (Å²) in [6.45, 7) is 0. The average molecular weight is 330 g/mol. The number of methoxy groups -OCH3 is 2. The maximum atomic E-state index is 12.6. The van der Waals surface area contributed by atoms with Crippen molar-refractivity contribution in [2.24, 2.45) is 0 Å². The first-order valence-electron chi connectivity index (χ1n) is 6.91. The van der Waals surface area contributed by atoms with Gasteiger partial charge in [-0.05, 0) is 24.3 Å². The molecule has 3 N–H and O–H groups in total. The van der Waals surface area contributed by atoms with Crippen LogP contribution in [-0.4, -0.2) is 29.5 Å². The zero-order valence-corrected chi connectivity index (χ0v) is 12.9. The Morgan fingerprint density at radius 1 is 0.958 bits per heavy atom. The average Bonchev–Trinajstić information content (AvgIpc) is 2.59. The van der Waals surface area contributed by atoms with Crippen molar-refractivity contribution in [3.63, 3.8) is 0 Å². The highest BCUT2D eigenvalue weighted by molar-refractivity contribution is 5.91. The van der Waals surface area contributed by atoms with Crippen LogP contribution in [-0.2, 0) is 0 Å². The standard InChI is InChI=1S/C17H14O7/c1-22-9-5-3-8(4-6-9)16-17(23-2)15(21)12-11(24-16)7-10(18)13(19)14(12)20/h3-7,18-20H,1-2H3. The van der Waals surface area contributed by atoms with E-state index in [9.17, 15) is 20.1 Å². The van der Waals surface area contributed by atoms with Crippen molar-refractivity contribution in [3.8, 4) is 40.1 Å². The molecule has 0 spiro atoms. The molecular formula is C17H14O7. The summed E-state index contributed by atoms with van der Waals surface area (Å²) in [5.74, 6) is -1.54. The third-order valence-corrected chi connectivity index (χ3v) is 3.63. The third kappa shape index (κ3) is 2.26. The maximum absolute atomic E-state index is 12.6. The molecule has 0 saturated heterocycles. The van der Waals surface area contributed by atoms with Gasteiger partial charge >= 0.3 is 0 Å². The van der Waals surface area contributed by atoms with Crippen LogP contribution in [0.4, 0.5) is 0 Å². The summed E-state index contributed by atoms with van der Waals surface area (Å²) in [6.07, 6.45) is 0. The lowest BCUT2D eigenvalue weighted by Gasteiger charge is -2.11. The Hall–Kier alpha value is -3.35. The molecule has 0 amide bonds. The van der Waals surface area contributed by atoms with Gasteiger partial charge in [-0.2, -0.15) is 0 Å². The number of phenolic OH excluding ortho intramolecular Hbond substituents is 3. The van der Waals surface area contributed by atoms with Crippen LogP contribution in [0.1, 0.15) is 0 Å². The van der Waals surface area contributed by atoms with Gasteiger partial charge in [-0.3, -0.25) is 4.79 Å². The molecule has 3 aromatic rings. The Labute approximate surface area is 135 Å². The second-order valence-electron chi connectivity index (χ2n) is 4.99. The van der Waals surface area contributed by atoms with E-state index in [0.29, 0.717) is 11.3 Å². The first kappa shape index (κ1) is 15.5. The number of ether oxygens (including phenoxy) is 2. The highest BCUT2D eigenvalue weighted by Crippen LogP contribution is 2.42. The number of fused-ring (bicyclic) bond motifs is 1. The minimum Gasteiger partial charge on any atom is -0.504 e. The van der Waals surface area contributed by atoms with Gasteiger partial charge in [-0.15, -0.1) is 0 Å². The number of aromatic hydroxyl groups is 3. The Bertz CT molecular complexity index is 971. The van der Waals surface area contributed by atoms with Crippen molar-refractivity contribution in [2.75, 3.05) is 14.2 Å². The molecule has 0 atom stereocenters. The van der Waals surface area contributed by atoms with E-state index in [1.54, 1.807) is 24.3 Å². The van der Waals surface area contributed by atoms with Crippen LogP contribution in [0.5, 0.6) is 28.7 Å². The topological polar surface area (TPSA) is 109 Å². The van der Waals surface area contributed by atoms with Gasteiger partial charge in [0.05, 0.1) is 14.2 Å². The van der Waals surface area contributed by atoms with E-state index in [0.717, 1.165) is 6.07 Å². The van der Waals surface area contributed by atoms with Crippen molar-refractivity contribution in [2.45, 2.75) is 0 Å². The van der Waals surface area contributed by atoms with Gasteiger partial charge in [-0.1, -0.05) is 0 Å². The molecule has 7 heteroatoms. The molecule has 0 saturated carbocycles. The summed E-state index contributed by atoms with van der Waals surface area (Å²) >= 11 is 0. The third-order valence-electron chi connectivity index (χ3n) is 3.63. The minimum absolute atomic E-state index is 0.0839. The summed E-state index contributed by atoms with van der Waals surface area (Å²) in [6, 6.07) is 7.77. The van der Waals surface area contributed by atoms with Gasteiger partial charge in [0, 0.05) is 11.6 Å². The van der Waals surface area contributed by atoms with Crippen LogP contribution in [0.25, 0.3) is 22.3 Å². The lowest BCUT2D eigenvalue weighted by Crippen LogP contribution is -2.08. The smallest absolute Gasteiger partial charge is 0.239 e. The van der Waals surface area contributed by atoms with Gasteiger partial charge < -0.3 is 29.2 Å². The predicted molar refractivity (Wildman–Crippen MR) is 86.0 cm³/mol. The molecule has 1 heterocycles. The van der Waals surface area contributed by atoms with Gasteiger partial charge in [0.25, 0.3) is 0 Å². The SMILES string of the molecule is COc1ccc(-c2oc3cc(O)c(O)c(O)c3c(=O)c2OC)cc1. The molecule has 24 heavy (non-hydrogen) atoms. The molecule has 0 aliphatic carbocycles. The summed E-state index contributed by atoms with van der Waals surface area (Å²) in [4.78, 5) is 12.6. The second kappa shape index (κ2) is 5.69. The summed E-state index contributed by atoms with van der Waals surface area (Å²) in [5, 5.41) is 28.9. The van der Waals surface area contributed by atoms with Crippen molar-refractivity contribution < 1.29 is 29.2 Å². The molecule has 3 rings (SSSR count). The largest absolute Gasteiger partial charge is 0.504 e. The lowest BCUT2D eigenvalue weighted by atomic mass is 10.1. The molecule has 0 fully saturated rings. The van der Waals surface area contributed by atoms with E-state index in [-0.39, 0.29) is 22.5 Å². The van der Waals surface area contributed by atoms with E-state index in [2.05, 4.69) is 0 Å². The van der Waals surface area contributed by atoms with E-state index in [1.807, 2.05) is 0 Å². The number of hydrogen-bond acceptors (Lipinski definition) is 7. The van der Waals surface area contributed by atoms with Crippen molar-refractivity contribution in [1.82, 2.24) is 0 Å². The van der Waals surface area contributed by atoms with Crippen LogP contribution in [0.15, 0.2) is 39.5 Å². The fourth-order valence-corrected chi connectivity index (χ4v) is 2.41. The summed E-state index contributed by atoms with van der Waals surface area (Å²) < 4.78 is 15.9. The van der Waals surface area contributed by atoms with Gasteiger partial charge in [0.2, 0.25) is 16.9 Å². The Balaban J connectivity index is 2.36. The molecule has 0 aliphatic rings. The Kier molecular flexibility index (Phi) is 3.69. The first-order valence-corrected chi connectivity index (χ1v) is 6.91. The number of phenols is 3. The van der Waals surface area contributed by atoms with Crippen molar-refractivity contribution >= 4 is 11.0 Å². The summed E-state index contributed by atoms with van der Waals surface area (Å²) in [5.41, 5.74) is -0.213. The van der Waals surface area contributed by atoms with E-state index in [1.165, 1.54) is 14.2 Å². The van der Waals surface area contributed by atoms with Crippen molar-refractivity contribution in [3.05, 3.63) is 40.6 Å². The molecule has 0 bridgehead atoms. The van der Waals surface area contributed by atoms with Crippen LogP contribution in [0.2, 0.25) is 0 Å². The minimum atomic E-state index is -0.797. The second-order valence-corrected chi connectivity index (χ2v) is 4.99. The molecule has 0 unspecified atom stereocenters. The molecule has 124 valence electrons. The monoisotopic (exact) mass is 330 g/mol. The molecular weight excluding hydrogens is 316 g/mol. The summed E-state index contributed by atoms with van der Waals surface area (Å²) in [7, 11) is 2.83. The van der Waals surface area contributed by atoms with Crippen LogP contribution in [0.3, 0.4) is 0 Å². The molecule has 7 nitrogen and oxygen atoms in total. The Morgan fingerprint density at radius 2 is 1.62 bits per heavy atom. The van der Waals surface area contributed by atoms with Crippen molar-refractivity contribution in [1.29, 1.82) is 0 Å². The highest BCUT2D eigenvalue weighted by atomic mass is 16.5.